The Morgan fingerprint density at radius 2 is 1.36 bits per heavy atom. The minimum Gasteiger partial charge on any atom is -0.418 e. The van der Waals surface area contributed by atoms with Crippen molar-refractivity contribution in [3.63, 3.8) is 0 Å². The highest BCUT2D eigenvalue weighted by Gasteiger charge is 2.28. The molecule has 28 heavy (non-hydrogen) atoms. The first-order valence-corrected chi connectivity index (χ1v) is 10.5. The summed E-state index contributed by atoms with van der Waals surface area (Å²) in [7, 11) is -4.38. The molecule has 1 aromatic heterocycles. The molecule has 0 unspecified atom stereocenters. The number of rotatable bonds is 6. The van der Waals surface area contributed by atoms with E-state index < -0.39 is 15.2 Å². The van der Waals surface area contributed by atoms with E-state index >= 15 is 0 Å². The van der Waals surface area contributed by atoms with Crippen molar-refractivity contribution in [1.29, 1.82) is 0 Å². The second-order valence-corrected chi connectivity index (χ2v) is 8.36. The lowest BCUT2D eigenvalue weighted by atomic mass is 10.3. The minimum absolute atomic E-state index is 0.541. The van der Waals surface area contributed by atoms with Gasteiger partial charge in [0, 0.05) is 0 Å². The first-order chi connectivity index (χ1) is 13.3. The van der Waals surface area contributed by atoms with Gasteiger partial charge in [0.25, 0.3) is 5.57 Å². The van der Waals surface area contributed by atoms with Crippen LogP contribution in [-0.2, 0) is 13.6 Å². The van der Waals surface area contributed by atoms with Gasteiger partial charge in [0.1, 0.15) is 12.4 Å². The zero-order valence-electron chi connectivity index (χ0n) is 16.0. The zero-order valence-corrected chi connectivity index (χ0v) is 16.9. The van der Waals surface area contributed by atoms with Gasteiger partial charge in [0.15, 0.2) is 0 Å². The number of imidazole rings is 1. The van der Waals surface area contributed by atoms with Crippen LogP contribution in [0.3, 0.4) is 0 Å². The number of aryl methyl sites for hydroxylation is 2. The molecule has 0 aliphatic carbocycles. The Bertz CT molecular complexity index is 793. The maximum Gasteiger partial charge on any atom is 0.673 e. The largest absolute Gasteiger partial charge is 0.673 e. The molecule has 3 aromatic rings. The first-order valence-electron chi connectivity index (χ1n) is 9.13. The fourth-order valence-corrected chi connectivity index (χ4v) is 5.35. The highest BCUT2D eigenvalue weighted by molar-refractivity contribution is 7.79. The van der Waals surface area contributed by atoms with Gasteiger partial charge in [0.2, 0.25) is 0 Å². The summed E-state index contributed by atoms with van der Waals surface area (Å²) in [5.74, 6) is 0. The molecule has 2 aromatic carbocycles. The Morgan fingerprint density at radius 1 is 0.893 bits per heavy atom. The molecule has 0 bridgehead atoms. The minimum atomic E-state index is -6.00. The Labute approximate surface area is 164 Å². The van der Waals surface area contributed by atoms with E-state index in [0.29, 0.717) is 0 Å². The first kappa shape index (κ1) is 22.2. The SMILES string of the molecule is CCCC[n+]1ccn(C)c1P(c1ccccc1)c1ccccc1.F[B-](F)(F)F. The van der Waals surface area contributed by atoms with Gasteiger partial charge < -0.3 is 17.3 Å². The lowest BCUT2D eigenvalue weighted by molar-refractivity contribution is -0.678. The second-order valence-electron chi connectivity index (χ2n) is 6.26. The molecule has 0 saturated heterocycles. The Balaban J connectivity index is 0.000000500. The number of halogens is 4. The molecule has 3 rings (SSSR count). The number of benzene rings is 2. The van der Waals surface area contributed by atoms with Gasteiger partial charge in [-0.1, -0.05) is 74.0 Å². The quantitative estimate of drug-likeness (QED) is 0.250. The summed E-state index contributed by atoms with van der Waals surface area (Å²) in [5.41, 5.74) is 1.41. The van der Waals surface area contributed by atoms with Crippen molar-refractivity contribution in [2.24, 2.45) is 7.05 Å². The van der Waals surface area contributed by atoms with Crippen LogP contribution in [0.1, 0.15) is 19.8 Å². The van der Waals surface area contributed by atoms with Gasteiger partial charge in [-0.15, -0.1) is 0 Å². The lowest BCUT2D eigenvalue weighted by Crippen LogP contribution is -2.50. The van der Waals surface area contributed by atoms with E-state index in [0.717, 1.165) is 6.54 Å². The number of aromatic nitrogens is 2. The zero-order chi connectivity index (χ0) is 20.6. The van der Waals surface area contributed by atoms with E-state index in [4.69, 9.17) is 0 Å². The molecule has 0 spiro atoms. The van der Waals surface area contributed by atoms with E-state index in [2.05, 4.69) is 96.2 Å². The molecule has 0 radical (unpaired) electrons. The van der Waals surface area contributed by atoms with Crippen molar-refractivity contribution in [2.75, 3.05) is 0 Å². The van der Waals surface area contributed by atoms with Crippen LogP contribution in [0.15, 0.2) is 73.1 Å². The van der Waals surface area contributed by atoms with Gasteiger partial charge in [-0.05, 0) is 17.0 Å². The third-order valence-electron chi connectivity index (χ3n) is 4.02. The third-order valence-corrected chi connectivity index (χ3v) is 6.63. The van der Waals surface area contributed by atoms with Crippen molar-refractivity contribution in [1.82, 2.24) is 4.57 Å². The molecule has 0 aliphatic rings. The van der Waals surface area contributed by atoms with Gasteiger partial charge >= 0.3 is 7.25 Å². The number of hydrogen-bond acceptors (Lipinski definition) is 0. The van der Waals surface area contributed by atoms with Crippen LogP contribution in [0, 0.1) is 0 Å². The van der Waals surface area contributed by atoms with Crippen molar-refractivity contribution in [2.45, 2.75) is 26.3 Å². The smallest absolute Gasteiger partial charge is 0.418 e. The standard InChI is InChI=1S/C20H24N2P.BF4/c1-3-4-15-22-17-16-21(2)20(22)23(18-11-7-5-8-12-18)19-13-9-6-10-14-19;2-1(3,4)5/h5-14,16-17H,3-4,15H2,1-2H3;/q+1;-1. The van der Waals surface area contributed by atoms with Crippen LogP contribution in [-0.4, -0.2) is 11.8 Å². The molecule has 150 valence electrons. The van der Waals surface area contributed by atoms with Crippen LogP contribution in [0.2, 0.25) is 0 Å². The molecule has 2 nitrogen and oxygen atoms in total. The summed E-state index contributed by atoms with van der Waals surface area (Å²) in [6, 6.07) is 21.8. The maximum atomic E-state index is 9.75. The summed E-state index contributed by atoms with van der Waals surface area (Å²) in [5, 5.41) is 2.81. The van der Waals surface area contributed by atoms with Gasteiger partial charge in [-0.2, -0.15) is 0 Å². The van der Waals surface area contributed by atoms with Gasteiger partial charge in [-0.25, -0.2) is 9.13 Å². The normalized spacial score (nSPS) is 11.2. The number of nitrogens with zero attached hydrogens (tertiary/aromatic N) is 2. The van der Waals surface area contributed by atoms with Gasteiger partial charge in [-0.3, -0.25) is 0 Å². The van der Waals surface area contributed by atoms with Crippen LogP contribution >= 0.6 is 7.92 Å². The number of hydrogen-bond donors (Lipinski definition) is 0. The summed E-state index contributed by atoms with van der Waals surface area (Å²) < 4.78 is 43.7. The molecule has 0 N–H and O–H groups in total. The van der Waals surface area contributed by atoms with Crippen LogP contribution in [0.5, 0.6) is 0 Å². The highest BCUT2D eigenvalue weighted by atomic mass is 31.1. The molecule has 0 fully saturated rings. The molecule has 0 saturated carbocycles. The number of unbranched alkanes of at least 4 members (excludes halogenated alkanes) is 1. The van der Waals surface area contributed by atoms with E-state index in [1.54, 1.807) is 0 Å². The predicted molar refractivity (Wildman–Crippen MR) is 109 cm³/mol. The fourth-order valence-electron chi connectivity index (χ4n) is 2.84. The van der Waals surface area contributed by atoms with Crippen molar-refractivity contribution in [3.8, 4) is 0 Å². The van der Waals surface area contributed by atoms with Crippen molar-refractivity contribution >= 4 is 31.4 Å². The predicted octanol–water partition coefficient (Wildman–Crippen LogP) is 4.17. The average molecular weight is 410 g/mol. The third kappa shape index (κ3) is 6.79. The molecule has 0 atom stereocenters. The van der Waals surface area contributed by atoms with E-state index in [9.17, 15) is 17.3 Å². The van der Waals surface area contributed by atoms with E-state index in [1.165, 1.54) is 29.0 Å². The van der Waals surface area contributed by atoms with E-state index in [1.807, 2.05) is 0 Å². The van der Waals surface area contributed by atoms with Crippen LogP contribution in [0.4, 0.5) is 17.3 Å². The van der Waals surface area contributed by atoms with Crippen molar-refractivity contribution < 1.29 is 21.8 Å². The molecule has 0 amide bonds. The Morgan fingerprint density at radius 3 is 1.79 bits per heavy atom. The maximum absolute atomic E-state index is 9.75. The molecular formula is C20H24BF4N2P. The summed E-state index contributed by atoms with van der Waals surface area (Å²) in [6.07, 6.45) is 6.85. The Kier molecular flexibility index (Phi) is 8.25. The molecule has 8 heteroatoms. The molecular weight excluding hydrogens is 386 g/mol. The topological polar surface area (TPSA) is 8.81 Å². The van der Waals surface area contributed by atoms with Gasteiger partial charge in [0.05, 0.1) is 21.5 Å². The lowest BCUT2D eigenvalue weighted by Gasteiger charge is -2.16. The average Bonchev–Trinajstić information content (AvgIpc) is 3.01. The Hall–Kier alpha value is -2.14. The second kappa shape index (κ2) is 10.4. The fraction of sp³-hybridized carbons (Fsp3) is 0.250. The molecule has 0 aliphatic heterocycles. The summed E-state index contributed by atoms with van der Waals surface area (Å²) in [6.45, 7) is 3.34. The van der Waals surface area contributed by atoms with E-state index in [-0.39, 0.29) is 0 Å². The van der Waals surface area contributed by atoms with Crippen molar-refractivity contribution in [3.05, 3.63) is 73.1 Å². The summed E-state index contributed by atoms with van der Waals surface area (Å²) in [4.78, 5) is 0. The highest BCUT2D eigenvalue weighted by Crippen LogP contribution is 2.31. The van der Waals surface area contributed by atoms with Crippen LogP contribution < -0.4 is 20.7 Å². The summed E-state index contributed by atoms with van der Waals surface area (Å²) >= 11 is 0. The molecule has 1 heterocycles. The van der Waals surface area contributed by atoms with Crippen LogP contribution in [0.25, 0.3) is 0 Å². The monoisotopic (exact) mass is 410 g/mol.